The van der Waals surface area contributed by atoms with Gasteiger partial charge in [-0.2, -0.15) is 0 Å². The van der Waals surface area contributed by atoms with Gasteiger partial charge in [0.15, 0.2) is 0 Å². The van der Waals surface area contributed by atoms with Crippen molar-refractivity contribution in [2.45, 2.75) is 39.5 Å². The number of carbonyl (C=O) groups excluding carboxylic acids is 1. The average molecular weight is 252 g/mol. The van der Waals surface area contributed by atoms with Crippen LogP contribution in [0.2, 0.25) is 0 Å². The Labute approximate surface area is 110 Å². The molecule has 0 aromatic carbocycles. The fraction of sp³-hybridized carbons (Fsp3) is 0.533. The normalized spacial score (nSPS) is 13.1. The molecular weight excluding hydrogens is 228 g/mol. The Morgan fingerprint density at radius 2 is 1.78 bits per heavy atom. The predicted octanol–water partition coefficient (Wildman–Crippen LogP) is 3.16. The summed E-state index contributed by atoms with van der Waals surface area (Å²) in [7, 11) is 1.37. The third kappa shape index (κ3) is 9.85. The zero-order chi connectivity index (χ0) is 13.8. The van der Waals surface area contributed by atoms with E-state index in [-0.39, 0.29) is 12.6 Å². The highest BCUT2D eigenvalue weighted by Crippen LogP contribution is 2.08. The molecule has 0 unspecified atom stereocenters. The highest BCUT2D eigenvalue weighted by molar-refractivity contribution is 5.81. The van der Waals surface area contributed by atoms with Gasteiger partial charge in [0.2, 0.25) is 0 Å². The summed E-state index contributed by atoms with van der Waals surface area (Å²) in [6.45, 7) is 4.17. The maximum absolute atomic E-state index is 10.8. The van der Waals surface area contributed by atoms with E-state index in [9.17, 15) is 4.79 Å². The molecule has 0 aromatic rings. The molecule has 1 N–H and O–H groups in total. The number of allylic oxidation sites excluding steroid dienone is 4. The molecule has 0 radical (unpaired) electrons. The van der Waals surface area contributed by atoms with E-state index in [1.165, 1.54) is 18.8 Å². The van der Waals surface area contributed by atoms with Gasteiger partial charge < -0.3 is 9.84 Å². The molecule has 0 amide bonds. The quantitative estimate of drug-likeness (QED) is 0.312. The summed E-state index contributed by atoms with van der Waals surface area (Å²) in [4.78, 5) is 10.8. The van der Waals surface area contributed by atoms with Crippen LogP contribution >= 0.6 is 0 Å². The van der Waals surface area contributed by atoms with E-state index in [1.807, 2.05) is 13.0 Å². The molecule has 102 valence electrons. The fourth-order valence-electron chi connectivity index (χ4n) is 1.39. The minimum Gasteiger partial charge on any atom is -0.466 e. The standard InChI is InChI=1S/C15H24O3/c1-13(9-7-10-14(2)12-16)8-5-4-6-11-15(17)18-3/h6,8,10-11,16H,4-5,7,9,12H2,1-3H3/b11-6+,13-8+,14-10+. The molecule has 0 aliphatic heterocycles. The van der Waals surface area contributed by atoms with Crippen molar-refractivity contribution in [3.05, 3.63) is 35.5 Å². The van der Waals surface area contributed by atoms with E-state index in [0.29, 0.717) is 0 Å². The van der Waals surface area contributed by atoms with Crippen LogP contribution in [0.5, 0.6) is 0 Å². The Morgan fingerprint density at radius 3 is 2.39 bits per heavy atom. The van der Waals surface area contributed by atoms with Gasteiger partial charge in [-0.05, 0) is 39.5 Å². The van der Waals surface area contributed by atoms with E-state index in [2.05, 4.69) is 23.8 Å². The number of unbranched alkanes of at least 4 members (excludes halogenated alkanes) is 1. The summed E-state index contributed by atoms with van der Waals surface area (Å²) in [5.74, 6) is -0.305. The number of aliphatic hydroxyl groups excluding tert-OH is 1. The minimum atomic E-state index is -0.305. The maximum Gasteiger partial charge on any atom is 0.330 e. The molecule has 0 heterocycles. The third-order valence-electron chi connectivity index (χ3n) is 2.56. The van der Waals surface area contributed by atoms with E-state index in [0.717, 1.165) is 31.3 Å². The second kappa shape index (κ2) is 10.8. The number of aliphatic hydroxyl groups is 1. The van der Waals surface area contributed by atoms with Crippen LogP contribution in [0.4, 0.5) is 0 Å². The smallest absolute Gasteiger partial charge is 0.330 e. The molecule has 0 fully saturated rings. The van der Waals surface area contributed by atoms with Crippen molar-refractivity contribution in [2.75, 3.05) is 13.7 Å². The van der Waals surface area contributed by atoms with E-state index >= 15 is 0 Å². The number of rotatable bonds is 8. The van der Waals surface area contributed by atoms with Gasteiger partial charge in [-0.15, -0.1) is 0 Å². The Morgan fingerprint density at radius 1 is 1.11 bits per heavy atom. The van der Waals surface area contributed by atoms with Crippen molar-refractivity contribution in [2.24, 2.45) is 0 Å². The van der Waals surface area contributed by atoms with Crippen LogP contribution in [0.1, 0.15) is 39.5 Å². The summed E-state index contributed by atoms with van der Waals surface area (Å²) >= 11 is 0. The molecule has 3 nitrogen and oxygen atoms in total. The first kappa shape index (κ1) is 16.6. The van der Waals surface area contributed by atoms with E-state index < -0.39 is 0 Å². The highest BCUT2D eigenvalue weighted by atomic mass is 16.5. The molecular formula is C15H24O3. The van der Waals surface area contributed by atoms with Gasteiger partial charge in [0.05, 0.1) is 13.7 Å². The molecule has 0 rings (SSSR count). The lowest BCUT2D eigenvalue weighted by molar-refractivity contribution is -0.134. The highest BCUT2D eigenvalue weighted by Gasteiger charge is 1.91. The van der Waals surface area contributed by atoms with Crippen molar-refractivity contribution in [1.82, 2.24) is 0 Å². The lowest BCUT2D eigenvalue weighted by atomic mass is 10.1. The molecule has 0 saturated carbocycles. The second-order valence-corrected chi connectivity index (χ2v) is 4.30. The second-order valence-electron chi connectivity index (χ2n) is 4.30. The van der Waals surface area contributed by atoms with E-state index in [1.54, 1.807) is 0 Å². The van der Waals surface area contributed by atoms with Crippen molar-refractivity contribution < 1.29 is 14.6 Å². The molecule has 0 atom stereocenters. The van der Waals surface area contributed by atoms with Crippen molar-refractivity contribution >= 4 is 5.97 Å². The number of methoxy groups -OCH3 is 1. The molecule has 0 aliphatic rings. The third-order valence-corrected chi connectivity index (χ3v) is 2.56. The van der Waals surface area contributed by atoms with Crippen LogP contribution in [0.3, 0.4) is 0 Å². The zero-order valence-electron chi connectivity index (χ0n) is 11.6. The maximum atomic E-state index is 10.8. The number of hydrogen-bond donors (Lipinski definition) is 1. The van der Waals surface area contributed by atoms with Crippen LogP contribution in [0.25, 0.3) is 0 Å². The van der Waals surface area contributed by atoms with Gasteiger partial charge in [-0.1, -0.05) is 29.4 Å². The van der Waals surface area contributed by atoms with Gasteiger partial charge in [-0.25, -0.2) is 4.79 Å². The molecule has 0 aliphatic carbocycles. The van der Waals surface area contributed by atoms with Crippen LogP contribution < -0.4 is 0 Å². The van der Waals surface area contributed by atoms with Gasteiger partial charge >= 0.3 is 5.97 Å². The molecule has 3 heteroatoms. The Bertz CT molecular complexity index is 325. The Hall–Kier alpha value is -1.35. The van der Waals surface area contributed by atoms with Crippen LogP contribution in [0.15, 0.2) is 35.5 Å². The van der Waals surface area contributed by atoms with Crippen LogP contribution in [-0.2, 0) is 9.53 Å². The number of carbonyl (C=O) groups is 1. The van der Waals surface area contributed by atoms with Crippen LogP contribution in [-0.4, -0.2) is 24.8 Å². The zero-order valence-corrected chi connectivity index (χ0v) is 11.6. The van der Waals surface area contributed by atoms with Crippen LogP contribution in [0, 0.1) is 0 Å². The molecule has 0 bridgehead atoms. The first-order valence-electron chi connectivity index (χ1n) is 6.26. The number of esters is 1. The predicted molar refractivity (Wildman–Crippen MR) is 74.2 cm³/mol. The Kier molecular flexibility index (Phi) is 9.97. The van der Waals surface area contributed by atoms with Gasteiger partial charge in [0, 0.05) is 6.08 Å². The SMILES string of the molecule is COC(=O)/C=C/CC/C=C(\C)CC/C=C(\C)CO. The van der Waals surface area contributed by atoms with E-state index in [4.69, 9.17) is 5.11 Å². The first-order valence-corrected chi connectivity index (χ1v) is 6.26. The lowest BCUT2D eigenvalue weighted by Crippen LogP contribution is -1.93. The monoisotopic (exact) mass is 252 g/mol. The molecule has 0 spiro atoms. The van der Waals surface area contributed by atoms with Crippen molar-refractivity contribution in [3.63, 3.8) is 0 Å². The first-order chi connectivity index (χ1) is 8.60. The minimum absolute atomic E-state index is 0.140. The molecule has 18 heavy (non-hydrogen) atoms. The number of hydrogen-bond acceptors (Lipinski definition) is 3. The summed E-state index contributed by atoms with van der Waals surface area (Å²) in [6.07, 6.45) is 11.3. The van der Waals surface area contributed by atoms with Gasteiger partial charge in [-0.3, -0.25) is 0 Å². The summed E-state index contributed by atoms with van der Waals surface area (Å²) in [6, 6.07) is 0. The fourth-order valence-corrected chi connectivity index (χ4v) is 1.39. The molecule has 0 aromatic heterocycles. The van der Waals surface area contributed by atoms with Crippen molar-refractivity contribution in [1.29, 1.82) is 0 Å². The average Bonchev–Trinajstić information content (AvgIpc) is 2.37. The largest absolute Gasteiger partial charge is 0.466 e. The number of ether oxygens (including phenoxy) is 1. The lowest BCUT2D eigenvalue weighted by Gasteiger charge is -1.99. The Balaban J connectivity index is 3.78. The summed E-state index contributed by atoms with van der Waals surface area (Å²) in [5.41, 5.74) is 2.35. The molecule has 0 saturated heterocycles. The van der Waals surface area contributed by atoms with Crippen molar-refractivity contribution in [3.8, 4) is 0 Å². The van der Waals surface area contributed by atoms with Gasteiger partial charge in [0.1, 0.15) is 0 Å². The summed E-state index contributed by atoms with van der Waals surface area (Å²) in [5, 5.41) is 8.84. The summed E-state index contributed by atoms with van der Waals surface area (Å²) < 4.78 is 4.50. The topological polar surface area (TPSA) is 46.5 Å². The van der Waals surface area contributed by atoms with Gasteiger partial charge in [0.25, 0.3) is 0 Å².